The molecule has 2 aromatic carbocycles. The first kappa shape index (κ1) is 23.0. The number of aryl methyl sites for hydroxylation is 1. The van der Waals surface area contributed by atoms with Crippen LogP contribution in [-0.2, 0) is 20.2 Å². The van der Waals surface area contributed by atoms with Crippen molar-refractivity contribution in [3.8, 4) is 5.69 Å². The van der Waals surface area contributed by atoms with E-state index < -0.39 is 42.2 Å². The number of hydrogen-bond donors (Lipinski definition) is 4. The molecule has 0 saturated heterocycles. The Balaban J connectivity index is 2.02. The molecule has 0 aliphatic heterocycles. The summed E-state index contributed by atoms with van der Waals surface area (Å²) < 4.78 is 63.8. The molecule has 13 nitrogen and oxygen atoms in total. The monoisotopic (exact) mass is 482 g/mol. The van der Waals surface area contributed by atoms with Crippen LogP contribution in [0.2, 0.25) is 0 Å². The molecule has 0 atom stereocenters. The van der Waals surface area contributed by atoms with E-state index >= 15 is 0 Å². The van der Waals surface area contributed by atoms with Crippen LogP contribution in [0.5, 0.6) is 0 Å². The summed E-state index contributed by atoms with van der Waals surface area (Å²) >= 11 is 0. The summed E-state index contributed by atoms with van der Waals surface area (Å²) in [6.07, 6.45) is 0. The largest absolute Gasteiger partial charge is 0.478 e. The Morgan fingerprint density at radius 1 is 0.938 bits per heavy atom. The second-order valence-corrected chi connectivity index (χ2v) is 9.20. The molecule has 0 spiro atoms. The van der Waals surface area contributed by atoms with Crippen molar-refractivity contribution in [3.63, 3.8) is 0 Å². The standard InChI is InChI=1S/C17H14N4O9S2/c1-9-15(16(22)21(20-9)10-2-4-11(5-3-10)31(25,26)27)19-18-14-7-6-12(32(28,29)30)8-13(14)17(23)24/h2-8,20H,1H3,(H,23,24)(H,25,26,27)(H,28,29,30). The highest BCUT2D eigenvalue weighted by Gasteiger charge is 2.18. The van der Waals surface area contributed by atoms with Crippen LogP contribution in [0, 0.1) is 6.92 Å². The summed E-state index contributed by atoms with van der Waals surface area (Å²) in [4.78, 5) is 23.1. The van der Waals surface area contributed by atoms with Gasteiger partial charge in [0.05, 0.1) is 26.7 Å². The number of azo groups is 1. The maximum Gasteiger partial charge on any atom is 0.338 e. The van der Waals surface area contributed by atoms with Crippen LogP contribution in [0.3, 0.4) is 0 Å². The minimum absolute atomic E-state index is 0.195. The van der Waals surface area contributed by atoms with Gasteiger partial charge in [0.15, 0.2) is 5.69 Å². The fraction of sp³-hybridized carbons (Fsp3) is 0.0588. The van der Waals surface area contributed by atoms with Gasteiger partial charge in [-0.05, 0) is 49.4 Å². The van der Waals surface area contributed by atoms with Crippen molar-refractivity contribution in [1.29, 1.82) is 0 Å². The minimum Gasteiger partial charge on any atom is -0.478 e. The van der Waals surface area contributed by atoms with E-state index in [-0.39, 0.29) is 27.7 Å². The fourth-order valence-electron chi connectivity index (χ4n) is 2.64. The van der Waals surface area contributed by atoms with Gasteiger partial charge in [-0.15, -0.1) is 10.2 Å². The quantitative estimate of drug-likeness (QED) is 0.299. The number of carboxylic acids is 1. The SMILES string of the molecule is Cc1[nH]n(-c2ccc(S(=O)(=O)O)cc2)c(=O)c1N=Nc1ccc(S(=O)(=O)O)cc1C(=O)O. The van der Waals surface area contributed by atoms with E-state index in [1.165, 1.54) is 19.1 Å². The second-order valence-electron chi connectivity index (χ2n) is 6.35. The highest BCUT2D eigenvalue weighted by Crippen LogP contribution is 2.26. The number of carbonyl (C=O) groups is 1. The maximum atomic E-state index is 12.7. The van der Waals surface area contributed by atoms with Gasteiger partial charge in [-0.3, -0.25) is 19.0 Å². The highest BCUT2D eigenvalue weighted by molar-refractivity contribution is 7.86. The molecule has 168 valence electrons. The van der Waals surface area contributed by atoms with E-state index in [2.05, 4.69) is 15.3 Å². The molecule has 3 aromatic rings. The van der Waals surface area contributed by atoms with Crippen molar-refractivity contribution in [2.24, 2.45) is 10.2 Å². The molecule has 0 aliphatic carbocycles. The fourth-order valence-corrected chi connectivity index (χ4v) is 3.63. The Labute approximate surface area is 180 Å². The van der Waals surface area contributed by atoms with Gasteiger partial charge in [0, 0.05) is 0 Å². The molecule has 0 saturated carbocycles. The minimum atomic E-state index is -4.64. The third-order valence-electron chi connectivity index (χ3n) is 4.19. The molecule has 1 aromatic heterocycles. The number of aromatic amines is 1. The zero-order chi connectivity index (χ0) is 23.8. The Morgan fingerprint density at radius 3 is 2.03 bits per heavy atom. The van der Waals surface area contributed by atoms with Crippen molar-refractivity contribution in [1.82, 2.24) is 9.78 Å². The van der Waals surface area contributed by atoms with E-state index in [0.717, 1.165) is 28.9 Å². The van der Waals surface area contributed by atoms with Crippen molar-refractivity contribution in [2.75, 3.05) is 0 Å². The van der Waals surface area contributed by atoms with Gasteiger partial charge in [0.2, 0.25) is 0 Å². The lowest BCUT2D eigenvalue weighted by Crippen LogP contribution is -2.14. The van der Waals surface area contributed by atoms with Gasteiger partial charge in [-0.25, -0.2) is 9.48 Å². The summed E-state index contributed by atoms with van der Waals surface area (Å²) in [5, 5.41) is 19.5. The van der Waals surface area contributed by atoms with Gasteiger partial charge in [0.1, 0.15) is 5.69 Å². The van der Waals surface area contributed by atoms with Crippen LogP contribution in [0.4, 0.5) is 11.4 Å². The third-order valence-corrected chi connectivity index (χ3v) is 5.90. The highest BCUT2D eigenvalue weighted by atomic mass is 32.2. The Morgan fingerprint density at radius 2 is 1.50 bits per heavy atom. The number of aromatic carboxylic acids is 1. The van der Waals surface area contributed by atoms with E-state index in [1.54, 1.807) is 0 Å². The molecule has 15 heteroatoms. The van der Waals surface area contributed by atoms with Gasteiger partial charge in [0.25, 0.3) is 25.8 Å². The molecule has 0 bridgehead atoms. The number of rotatable bonds is 6. The van der Waals surface area contributed by atoms with Crippen LogP contribution in [-0.4, -0.2) is 46.8 Å². The average Bonchev–Trinajstić information content (AvgIpc) is 2.98. The predicted molar refractivity (Wildman–Crippen MR) is 108 cm³/mol. The first-order valence-corrected chi connectivity index (χ1v) is 11.3. The summed E-state index contributed by atoms with van der Waals surface area (Å²) in [7, 11) is -9.05. The normalized spacial score (nSPS) is 12.3. The lowest BCUT2D eigenvalue weighted by molar-refractivity contribution is 0.0697. The number of nitrogens with zero attached hydrogens (tertiary/aromatic N) is 3. The van der Waals surface area contributed by atoms with Gasteiger partial charge in [-0.2, -0.15) is 16.8 Å². The van der Waals surface area contributed by atoms with Gasteiger partial charge in [-0.1, -0.05) is 0 Å². The molecule has 0 amide bonds. The zero-order valence-corrected chi connectivity index (χ0v) is 17.6. The number of benzene rings is 2. The second kappa shape index (κ2) is 8.12. The van der Waals surface area contributed by atoms with Gasteiger partial charge < -0.3 is 5.11 Å². The molecular weight excluding hydrogens is 468 g/mol. The summed E-state index contributed by atoms with van der Waals surface area (Å²) in [5.74, 6) is -1.54. The number of carboxylic acid groups (broad SMARTS) is 1. The van der Waals surface area contributed by atoms with Crippen molar-refractivity contribution in [2.45, 2.75) is 16.7 Å². The summed E-state index contributed by atoms with van der Waals surface area (Å²) in [6, 6.07) is 7.33. The van der Waals surface area contributed by atoms with Crippen molar-refractivity contribution >= 4 is 37.6 Å². The van der Waals surface area contributed by atoms with E-state index in [0.29, 0.717) is 6.07 Å². The maximum absolute atomic E-state index is 12.7. The first-order valence-electron chi connectivity index (χ1n) is 8.45. The lowest BCUT2D eigenvalue weighted by Gasteiger charge is -2.02. The topological polar surface area (TPSA) is 209 Å². The number of H-pyrrole nitrogens is 1. The molecule has 3 rings (SSSR count). The van der Waals surface area contributed by atoms with Crippen LogP contribution in [0.1, 0.15) is 16.1 Å². The van der Waals surface area contributed by atoms with E-state index in [4.69, 9.17) is 9.11 Å². The molecule has 0 radical (unpaired) electrons. The van der Waals surface area contributed by atoms with E-state index in [1.807, 2.05) is 0 Å². The van der Waals surface area contributed by atoms with Crippen LogP contribution in [0.15, 0.2) is 67.3 Å². The smallest absolute Gasteiger partial charge is 0.338 e. The number of nitrogens with one attached hydrogen (secondary N) is 1. The lowest BCUT2D eigenvalue weighted by atomic mass is 10.2. The van der Waals surface area contributed by atoms with Crippen molar-refractivity contribution in [3.05, 3.63) is 64.1 Å². The Hall–Kier alpha value is -3.66. The van der Waals surface area contributed by atoms with Gasteiger partial charge >= 0.3 is 5.97 Å². The molecule has 32 heavy (non-hydrogen) atoms. The average molecular weight is 482 g/mol. The van der Waals surface area contributed by atoms with Crippen LogP contribution < -0.4 is 5.56 Å². The summed E-state index contributed by atoms with van der Waals surface area (Å²) in [5.41, 5.74) is -1.27. The Kier molecular flexibility index (Phi) is 5.84. The predicted octanol–water partition coefficient (Wildman–Crippen LogP) is 2.08. The molecule has 1 heterocycles. The number of aromatic nitrogens is 2. The molecule has 0 aliphatic rings. The van der Waals surface area contributed by atoms with Crippen LogP contribution in [0.25, 0.3) is 5.69 Å². The molecule has 4 N–H and O–H groups in total. The summed E-state index contributed by atoms with van der Waals surface area (Å²) in [6.45, 7) is 1.48. The van der Waals surface area contributed by atoms with Crippen molar-refractivity contribution < 1.29 is 35.8 Å². The third kappa shape index (κ3) is 4.65. The molecule has 0 fully saturated rings. The van der Waals surface area contributed by atoms with E-state index in [9.17, 15) is 31.5 Å². The first-order chi connectivity index (χ1) is 14.8. The Bertz CT molecular complexity index is 1520. The zero-order valence-electron chi connectivity index (χ0n) is 16.0. The number of hydrogen-bond acceptors (Lipinski definition) is 8. The van der Waals surface area contributed by atoms with Crippen LogP contribution >= 0.6 is 0 Å². The molecular formula is C17H14N4O9S2. The molecule has 0 unspecified atom stereocenters.